The number of anilines is 1. The molecule has 2 rings (SSSR count). The van der Waals surface area contributed by atoms with Gasteiger partial charge in [-0.1, -0.05) is 18.2 Å². The van der Waals surface area contributed by atoms with E-state index in [9.17, 15) is 9.59 Å². The zero-order valence-corrected chi connectivity index (χ0v) is 10.1. The van der Waals surface area contributed by atoms with Crippen molar-refractivity contribution in [2.75, 3.05) is 12.3 Å². The first-order chi connectivity index (χ1) is 8.61. The molecule has 0 bridgehead atoms. The second-order valence-corrected chi connectivity index (χ2v) is 4.46. The quantitative estimate of drug-likeness (QED) is 0.500. The van der Waals surface area contributed by atoms with Crippen LogP contribution in [0, 0.1) is 0 Å². The Labute approximate surface area is 106 Å². The fourth-order valence-corrected chi connectivity index (χ4v) is 2.23. The van der Waals surface area contributed by atoms with E-state index in [1.807, 2.05) is 18.2 Å². The number of nitrogen functional groups attached to an aromatic ring is 1. The summed E-state index contributed by atoms with van der Waals surface area (Å²) in [7, 11) is 0. The lowest BCUT2D eigenvalue weighted by Gasteiger charge is -2.29. The van der Waals surface area contributed by atoms with Gasteiger partial charge in [0.05, 0.1) is 0 Å². The normalized spacial score (nSPS) is 17.0. The molecule has 1 fully saturated rings. The highest BCUT2D eigenvalue weighted by Crippen LogP contribution is 2.30. The highest BCUT2D eigenvalue weighted by Gasteiger charge is 2.32. The minimum absolute atomic E-state index is 0.0606. The number of benzene rings is 1. The molecule has 0 aromatic heterocycles. The molecule has 94 valence electrons. The lowest BCUT2D eigenvalue weighted by Crippen LogP contribution is -2.42. The predicted octanol–water partition coefficient (Wildman–Crippen LogP) is 1.69. The highest BCUT2D eigenvalue weighted by molar-refractivity contribution is 5.98. The summed E-state index contributed by atoms with van der Waals surface area (Å²) < 4.78 is 0. The Hall–Kier alpha value is -2.10. The third-order valence-electron chi connectivity index (χ3n) is 3.14. The average molecular weight is 244 g/mol. The number of rotatable bonds is 3. The Kier molecular flexibility index (Phi) is 3.46. The number of imide groups is 1. The molecule has 2 N–H and O–H groups in total. The van der Waals surface area contributed by atoms with Gasteiger partial charge in [0, 0.05) is 31.0 Å². The van der Waals surface area contributed by atoms with Gasteiger partial charge in [0.25, 0.3) is 0 Å². The summed E-state index contributed by atoms with van der Waals surface area (Å²) in [6.07, 6.45) is 2.27. The lowest BCUT2D eigenvalue weighted by atomic mass is 9.88. The fraction of sp³-hybridized carbons (Fsp3) is 0.286. The monoisotopic (exact) mass is 244 g/mol. The van der Waals surface area contributed by atoms with E-state index in [0.29, 0.717) is 25.1 Å². The van der Waals surface area contributed by atoms with Crippen molar-refractivity contribution in [3.63, 3.8) is 0 Å². The van der Waals surface area contributed by atoms with Crippen molar-refractivity contribution in [1.29, 1.82) is 0 Å². The van der Waals surface area contributed by atoms with E-state index in [2.05, 4.69) is 6.58 Å². The molecule has 4 nitrogen and oxygen atoms in total. The highest BCUT2D eigenvalue weighted by atomic mass is 16.2. The largest absolute Gasteiger partial charge is 0.399 e. The number of likely N-dealkylation sites (tertiary alicyclic amines) is 1. The van der Waals surface area contributed by atoms with Crippen molar-refractivity contribution in [2.24, 2.45) is 0 Å². The van der Waals surface area contributed by atoms with Gasteiger partial charge in [-0.25, -0.2) is 0 Å². The van der Waals surface area contributed by atoms with E-state index in [1.165, 1.54) is 4.90 Å². The van der Waals surface area contributed by atoms with Crippen LogP contribution in [0.15, 0.2) is 36.9 Å². The van der Waals surface area contributed by atoms with Crippen molar-refractivity contribution in [2.45, 2.75) is 18.8 Å². The molecule has 1 heterocycles. The average Bonchev–Trinajstić information content (AvgIpc) is 2.33. The van der Waals surface area contributed by atoms with E-state index in [0.717, 1.165) is 5.56 Å². The first-order valence-corrected chi connectivity index (χ1v) is 5.91. The second-order valence-electron chi connectivity index (χ2n) is 4.46. The molecule has 18 heavy (non-hydrogen) atoms. The molecule has 1 aliphatic rings. The molecular weight excluding hydrogens is 228 g/mol. The first-order valence-electron chi connectivity index (χ1n) is 5.91. The number of nitrogens with zero attached hydrogens (tertiary/aromatic N) is 1. The maximum Gasteiger partial charge on any atom is 0.230 e. The van der Waals surface area contributed by atoms with Crippen molar-refractivity contribution in [3.05, 3.63) is 42.5 Å². The van der Waals surface area contributed by atoms with Crippen LogP contribution in [0.2, 0.25) is 0 Å². The number of hydrogen-bond acceptors (Lipinski definition) is 3. The van der Waals surface area contributed by atoms with Crippen LogP contribution in [0.5, 0.6) is 0 Å². The maximum atomic E-state index is 11.9. The number of piperidine rings is 1. The zero-order valence-electron chi connectivity index (χ0n) is 10.1. The molecule has 1 aliphatic heterocycles. The van der Waals surface area contributed by atoms with E-state index >= 15 is 0 Å². The first kappa shape index (κ1) is 12.4. The second kappa shape index (κ2) is 5.04. The van der Waals surface area contributed by atoms with E-state index in [-0.39, 0.29) is 17.7 Å². The molecule has 0 aliphatic carbocycles. The number of carbonyl (C=O) groups excluding carboxylic acids is 2. The Bertz CT molecular complexity index is 478. The van der Waals surface area contributed by atoms with Gasteiger partial charge < -0.3 is 5.73 Å². The SMILES string of the molecule is C=CCN1C(=O)CC(c2cccc(N)c2)CC1=O. The van der Waals surface area contributed by atoms with Crippen LogP contribution in [-0.2, 0) is 9.59 Å². The van der Waals surface area contributed by atoms with E-state index in [4.69, 9.17) is 5.73 Å². The van der Waals surface area contributed by atoms with Gasteiger partial charge in [-0.3, -0.25) is 14.5 Å². The van der Waals surface area contributed by atoms with Gasteiger partial charge in [-0.2, -0.15) is 0 Å². The molecule has 0 atom stereocenters. The van der Waals surface area contributed by atoms with E-state index in [1.54, 1.807) is 12.1 Å². The van der Waals surface area contributed by atoms with Gasteiger partial charge in [0.2, 0.25) is 11.8 Å². The Morgan fingerprint density at radius 2 is 2.00 bits per heavy atom. The van der Waals surface area contributed by atoms with Gasteiger partial charge in [0.1, 0.15) is 0 Å². The molecular formula is C14H16N2O2. The van der Waals surface area contributed by atoms with Crippen LogP contribution in [0.25, 0.3) is 0 Å². The number of carbonyl (C=O) groups is 2. The third kappa shape index (κ3) is 2.42. The van der Waals surface area contributed by atoms with Crippen LogP contribution in [0.1, 0.15) is 24.3 Å². The van der Waals surface area contributed by atoms with Crippen LogP contribution in [0.4, 0.5) is 5.69 Å². The van der Waals surface area contributed by atoms with Crippen molar-refractivity contribution >= 4 is 17.5 Å². The molecule has 0 unspecified atom stereocenters. The summed E-state index contributed by atoms with van der Waals surface area (Å²) in [6, 6.07) is 7.37. The Morgan fingerprint density at radius 1 is 1.33 bits per heavy atom. The van der Waals surface area contributed by atoms with Crippen molar-refractivity contribution in [1.82, 2.24) is 4.90 Å². The summed E-state index contributed by atoms with van der Waals surface area (Å²) in [5, 5.41) is 0. The van der Waals surface area contributed by atoms with Crippen molar-refractivity contribution in [3.8, 4) is 0 Å². The summed E-state index contributed by atoms with van der Waals surface area (Å²) in [4.78, 5) is 25.0. The molecule has 0 saturated carbocycles. The van der Waals surface area contributed by atoms with E-state index < -0.39 is 0 Å². The predicted molar refractivity (Wildman–Crippen MR) is 69.7 cm³/mol. The molecule has 1 aromatic rings. The smallest absolute Gasteiger partial charge is 0.230 e. The summed E-state index contributed by atoms with van der Waals surface area (Å²) in [5.74, 6) is -0.341. The third-order valence-corrected chi connectivity index (χ3v) is 3.14. The minimum Gasteiger partial charge on any atom is -0.399 e. The molecule has 1 aromatic carbocycles. The molecule has 2 amide bonds. The zero-order chi connectivity index (χ0) is 13.1. The van der Waals surface area contributed by atoms with Gasteiger partial charge in [0.15, 0.2) is 0 Å². The van der Waals surface area contributed by atoms with Crippen molar-refractivity contribution < 1.29 is 9.59 Å². The van der Waals surface area contributed by atoms with Crippen LogP contribution in [-0.4, -0.2) is 23.3 Å². The Morgan fingerprint density at radius 3 is 2.56 bits per heavy atom. The topological polar surface area (TPSA) is 63.4 Å². The number of nitrogens with two attached hydrogens (primary N) is 1. The van der Waals surface area contributed by atoms with Gasteiger partial charge in [-0.15, -0.1) is 6.58 Å². The van der Waals surface area contributed by atoms with Crippen LogP contribution in [0.3, 0.4) is 0 Å². The van der Waals surface area contributed by atoms with Crippen LogP contribution >= 0.6 is 0 Å². The molecule has 1 saturated heterocycles. The molecule has 4 heteroatoms. The molecule has 0 spiro atoms. The van der Waals surface area contributed by atoms with Crippen LogP contribution < -0.4 is 5.73 Å². The summed E-state index contributed by atoms with van der Waals surface area (Å²) in [5.41, 5.74) is 7.32. The number of amides is 2. The maximum absolute atomic E-state index is 11.9. The summed E-state index contributed by atoms with van der Waals surface area (Å²) in [6.45, 7) is 3.84. The Balaban J connectivity index is 2.17. The molecule has 0 radical (unpaired) electrons. The lowest BCUT2D eigenvalue weighted by molar-refractivity contribution is -0.147. The van der Waals surface area contributed by atoms with Gasteiger partial charge in [-0.05, 0) is 17.7 Å². The fourth-order valence-electron chi connectivity index (χ4n) is 2.23. The minimum atomic E-state index is -0.140. The summed E-state index contributed by atoms with van der Waals surface area (Å²) >= 11 is 0. The number of hydrogen-bond donors (Lipinski definition) is 1. The van der Waals surface area contributed by atoms with Gasteiger partial charge >= 0.3 is 0 Å². The standard InChI is InChI=1S/C14H16N2O2/c1-2-6-16-13(17)8-11(9-14(16)18)10-4-3-5-12(15)7-10/h2-5,7,11H,1,6,8-9,15H2.